The second-order valence-corrected chi connectivity index (χ2v) is 4.36. The molecule has 0 saturated heterocycles. The normalized spacial score (nSPS) is 39.5. The summed E-state index contributed by atoms with van der Waals surface area (Å²) in [5, 5.41) is 9.60. The van der Waals surface area contributed by atoms with Crippen LogP contribution in [0.3, 0.4) is 0 Å². The van der Waals surface area contributed by atoms with Gasteiger partial charge in [0.25, 0.3) is 0 Å². The smallest absolute Gasteiger partial charge is 0.0568 e. The van der Waals surface area contributed by atoms with Crippen molar-refractivity contribution >= 4 is 0 Å². The molecule has 1 N–H and O–H groups in total. The zero-order valence-electron chi connectivity index (χ0n) is 7.88. The average Bonchev–Trinajstić information content (AvgIpc) is 1.94. The highest BCUT2D eigenvalue weighted by Crippen LogP contribution is 2.32. The molecule has 0 bridgehead atoms. The molecule has 1 nitrogen and oxygen atoms in total. The van der Waals surface area contributed by atoms with Gasteiger partial charge in [0.15, 0.2) is 0 Å². The Morgan fingerprint density at radius 3 is 2.36 bits per heavy atom. The molecule has 0 spiro atoms. The van der Waals surface area contributed by atoms with Crippen LogP contribution < -0.4 is 0 Å². The Kier molecular flexibility index (Phi) is 2.94. The van der Waals surface area contributed by atoms with Gasteiger partial charge in [-0.2, -0.15) is 0 Å². The summed E-state index contributed by atoms with van der Waals surface area (Å²) in [6.07, 6.45) is 3.52. The van der Waals surface area contributed by atoms with Crippen LogP contribution in [0.25, 0.3) is 0 Å². The molecule has 0 aromatic heterocycles. The molecular formula is C10H20O. The summed E-state index contributed by atoms with van der Waals surface area (Å²) < 4.78 is 0. The molecule has 0 amide bonds. The Morgan fingerprint density at radius 2 is 1.91 bits per heavy atom. The van der Waals surface area contributed by atoms with Gasteiger partial charge < -0.3 is 5.11 Å². The van der Waals surface area contributed by atoms with Crippen LogP contribution >= 0.6 is 0 Å². The zero-order valence-corrected chi connectivity index (χ0v) is 7.88. The number of rotatable bonds is 1. The second-order valence-electron chi connectivity index (χ2n) is 4.36. The van der Waals surface area contributed by atoms with Gasteiger partial charge in [-0.25, -0.2) is 0 Å². The Bertz CT molecular complexity index is 120. The van der Waals surface area contributed by atoms with E-state index in [4.69, 9.17) is 0 Å². The number of hydrogen-bond donors (Lipinski definition) is 1. The van der Waals surface area contributed by atoms with Gasteiger partial charge in [0, 0.05) is 0 Å². The fraction of sp³-hybridized carbons (Fsp3) is 1.00. The summed E-state index contributed by atoms with van der Waals surface area (Å²) in [4.78, 5) is 0. The molecular weight excluding hydrogens is 136 g/mol. The molecule has 3 atom stereocenters. The van der Waals surface area contributed by atoms with Gasteiger partial charge in [-0.3, -0.25) is 0 Å². The van der Waals surface area contributed by atoms with Crippen molar-refractivity contribution in [1.29, 1.82) is 0 Å². The van der Waals surface area contributed by atoms with Crippen molar-refractivity contribution in [2.45, 2.75) is 46.1 Å². The molecule has 1 aliphatic rings. The Labute approximate surface area is 69.8 Å². The van der Waals surface area contributed by atoms with E-state index in [1.54, 1.807) is 0 Å². The lowest BCUT2D eigenvalue weighted by Crippen LogP contribution is -2.29. The molecule has 0 aromatic rings. The lowest BCUT2D eigenvalue weighted by atomic mass is 9.76. The van der Waals surface area contributed by atoms with Crippen molar-refractivity contribution in [1.82, 2.24) is 0 Å². The van der Waals surface area contributed by atoms with E-state index in [1.165, 1.54) is 12.8 Å². The molecule has 1 heteroatoms. The summed E-state index contributed by atoms with van der Waals surface area (Å²) in [7, 11) is 0. The maximum Gasteiger partial charge on any atom is 0.0568 e. The molecule has 0 radical (unpaired) electrons. The molecule has 1 unspecified atom stereocenters. The largest absolute Gasteiger partial charge is 0.393 e. The molecule has 0 aromatic carbocycles. The second kappa shape index (κ2) is 3.57. The van der Waals surface area contributed by atoms with Gasteiger partial charge in [0.05, 0.1) is 6.10 Å². The minimum atomic E-state index is -0.0313. The van der Waals surface area contributed by atoms with E-state index in [0.29, 0.717) is 5.92 Å². The van der Waals surface area contributed by atoms with Crippen LogP contribution in [0.5, 0.6) is 0 Å². The topological polar surface area (TPSA) is 20.2 Å². The third-order valence-electron chi connectivity index (χ3n) is 3.14. The SMILES string of the molecule is CC(C)C1CC[C@H](C)[C@H](O)C1. The first-order valence-corrected chi connectivity index (χ1v) is 4.79. The van der Waals surface area contributed by atoms with Crippen molar-refractivity contribution in [3.63, 3.8) is 0 Å². The minimum Gasteiger partial charge on any atom is -0.393 e. The van der Waals surface area contributed by atoms with Gasteiger partial charge >= 0.3 is 0 Å². The van der Waals surface area contributed by atoms with Gasteiger partial charge in [0.1, 0.15) is 0 Å². The first kappa shape index (κ1) is 9.05. The fourth-order valence-corrected chi connectivity index (χ4v) is 1.94. The maximum atomic E-state index is 9.60. The van der Waals surface area contributed by atoms with E-state index in [-0.39, 0.29) is 6.10 Å². The van der Waals surface area contributed by atoms with E-state index in [1.807, 2.05) is 0 Å². The van der Waals surface area contributed by atoms with Crippen LogP contribution in [0, 0.1) is 17.8 Å². The number of aliphatic hydroxyl groups excluding tert-OH is 1. The molecule has 0 heterocycles. The van der Waals surface area contributed by atoms with Gasteiger partial charge in [-0.1, -0.05) is 20.8 Å². The minimum absolute atomic E-state index is 0.0313. The molecule has 1 fully saturated rings. The molecule has 0 aliphatic heterocycles. The highest BCUT2D eigenvalue weighted by Gasteiger charge is 2.27. The van der Waals surface area contributed by atoms with E-state index in [9.17, 15) is 5.11 Å². The predicted molar refractivity (Wildman–Crippen MR) is 47.3 cm³/mol. The third kappa shape index (κ3) is 2.19. The summed E-state index contributed by atoms with van der Waals surface area (Å²) >= 11 is 0. The maximum absolute atomic E-state index is 9.60. The lowest BCUT2D eigenvalue weighted by molar-refractivity contribution is 0.0410. The van der Waals surface area contributed by atoms with Crippen molar-refractivity contribution in [3.8, 4) is 0 Å². The van der Waals surface area contributed by atoms with Crippen LogP contribution in [0.1, 0.15) is 40.0 Å². The highest BCUT2D eigenvalue weighted by molar-refractivity contribution is 4.78. The molecule has 11 heavy (non-hydrogen) atoms. The first-order chi connectivity index (χ1) is 5.11. The van der Waals surface area contributed by atoms with Gasteiger partial charge in [-0.05, 0) is 37.0 Å². The Hall–Kier alpha value is -0.0400. The molecule has 66 valence electrons. The van der Waals surface area contributed by atoms with E-state index < -0.39 is 0 Å². The summed E-state index contributed by atoms with van der Waals surface area (Å²) in [5.74, 6) is 2.04. The lowest BCUT2D eigenvalue weighted by Gasteiger charge is -2.33. The Morgan fingerprint density at radius 1 is 1.27 bits per heavy atom. The Balaban J connectivity index is 2.40. The summed E-state index contributed by atoms with van der Waals surface area (Å²) in [6.45, 7) is 6.67. The third-order valence-corrected chi connectivity index (χ3v) is 3.14. The highest BCUT2D eigenvalue weighted by atomic mass is 16.3. The quantitative estimate of drug-likeness (QED) is 0.618. The van der Waals surface area contributed by atoms with E-state index in [0.717, 1.165) is 18.3 Å². The number of aliphatic hydroxyl groups is 1. The number of hydrogen-bond acceptors (Lipinski definition) is 1. The molecule has 1 saturated carbocycles. The summed E-state index contributed by atoms with van der Waals surface area (Å²) in [6, 6.07) is 0. The van der Waals surface area contributed by atoms with Crippen LogP contribution in [0.4, 0.5) is 0 Å². The predicted octanol–water partition coefficient (Wildman–Crippen LogP) is 2.44. The van der Waals surface area contributed by atoms with E-state index in [2.05, 4.69) is 20.8 Å². The average molecular weight is 156 g/mol. The summed E-state index contributed by atoms with van der Waals surface area (Å²) in [5.41, 5.74) is 0. The van der Waals surface area contributed by atoms with Crippen LogP contribution in [0.2, 0.25) is 0 Å². The van der Waals surface area contributed by atoms with Gasteiger partial charge in [-0.15, -0.1) is 0 Å². The standard InChI is InChI=1S/C10H20O/c1-7(2)9-5-4-8(3)10(11)6-9/h7-11H,4-6H2,1-3H3/t8-,9?,10+/m0/s1. The monoisotopic (exact) mass is 156 g/mol. The van der Waals surface area contributed by atoms with Crippen molar-refractivity contribution in [3.05, 3.63) is 0 Å². The van der Waals surface area contributed by atoms with Crippen molar-refractivity contribution in [2.24, 2.45) is 17.8 Å². The fourth-order valence-electron chi connectivity index (χ4n) is 1.94. The first-order valence-electron chi connectivity index (χ1n) is 4.79. The van der Waals surface area contributed by atoms with Crippen LogP contribution in [-0.2, 0) is 0 Å². The van der Waals surface area contributed by atoms with Gasteiger partial charge in [0.2, 0.25) is 0 Å². The van der Waals surface area contributed by atoms with Crippen molar-refractivity contribution in [2.75, 3.05) is 0 Å². The van der Waals surface area contributed by atoms with Crippen LogP contribution in [-0.4, -0.2) is 11.2 Å². The van der Waals surface area contributed by atoms with E-state index >= 15 is 0 Å². The van der Waals surface area contributed by atoms with Crippen LogP contribution in [0.15, 0.2) is 0 Å². The zero-order chi connectivity index (χ0) is 8.43. The van der Waals surface area contributed by atoms with Crippen molar-refractivity contribution < 1.29 is 5.11 Å². The molecule has 1 aliphatic carbocycles. The molecule has 1 rings (SSSR count).